The van der Waals surface area contributed by atoms with E-state index in [2.05, 4.69) is 17.6 Å². The van der Waals surface area contributed by atoms with Crippen LogP contribution in [0.4, 0.5) is 0 Å². The molecule has 1 aliphatic heterocycles. The second-order valence-corrected chi connectivity index (χ2v) is 11.1. The minimum absolute atomic E-state index is 0.000253. The van der Waals surface area contributed by atoms with E-state index in [1.165, 1.54) is 6.92 Å². The van der Waals surface area contributed by atoms with E-state index >= 15 is 0 Å². The summed E-state index contributed by atoms with van der Waals surface area (Å²) in [5.74, 6) is 1.51. The Labute approximate surface area is 235 Å². The van der Waals surface area contributed by atoms with Crippen LogP contribution in [0.2, 0.25) is 0 Å². The van der Waals surface area contributed by atoms with E-state index in [0.29, 0.717) is 25.3 Å². The lowest BCUT2D eigenvalue weighted by Crippen LogP contribution is -2.38. The highest BCUT2D eigenvalue weighted by molar-refractivity contribution is 7.99. The van der Waals surface area contributed by atoms with Gasteiger partial charge < -0.3 is 30.3 Å². The molecule has 1 aliphatic rings. The standard InChI is InChI=1S/C30H42N2O6S/c1-21-27(20-39-17-16-33)37-30(38-29(21)25-11-9-24(19-34)10-12-25)26-13-7-23(8-14-26)18-32-28(36)6-4-3-5-15-31-22(2)35/h7-14,21,27,29-30,33-34H,3-6,15-20H2,1-2H3,(H,31,35)(H,32,36)/t21-,27+,29+,30+/m1/s1. The second-order valence-electron chi connectivity index (χ2n) is 9.93. The van der Waals surface area contributed by atoms with Gasteiger partial charge in [-0.05, 0) is 29.5 Å². The molecule has 1 fully saturated rings. The van der Waals surface area contributed by atoms with Crippen molar-refractivity contribution in [2.24, 2.45) is 5.92 Å². The number of hydrogen-bond donors (Lipinski definition) is 4. The number of hydrogen-bond acceptors (Lipinski definition) is 7. The molecular weight excluding hydrogens is 516 g/mol. The van der Waals surface area contributed by atoms with Crippen molar-refractivity contribution in [3.05, 3.63) is 70.8 Å². The van der Waals surface area contributed by atoms with E-state index in [1.54, 1.807) is 11.8 Å². The summed E-state index contributed by atoms with van der Waals surface area (Å²) in [6, 6.07) is 15.8. The molecule has 0 radical (unpaired) electrons. The zero-order valence-electron chi connectivity index (χ0n) is 22.9. The highest BCUT2D eigenvalue weighted by Gasteiger charge is 2.38. The Hall–Kier alpha value is -2.43. The van der Waals surface area contributed by atoms with Crippen molar-refractivity contribution in [2.45, 2.75) is 71.2 Å². The molecule has 0 aromatic heterocycles. The maximum Gasteiger partial charge on any atom is 0.220 e. The zero-order valence-corrected chi connectivity index (χ0v) is 23.8. The van der Waals surface area contributed by atoms with Crippen LogP contribution in [0.3, 0.4) is 0 Å². The third-order valence-electron chi connectivity index (χ3n) is 6.84. The smallest absolute Gasteiger partial charge is 0.220 e. The first kappa shape index (κ1) is 31.1. The van der Waals surface area contributed by atoms with Crippen LogP contribution in [0.5, 0.6) is 0 Å². The van der Waals surface area contributed by atoms with E-state index in [1.807, 2.05) is 48.5 Å². The largest absolute Gasteiger partial charge is 0.396 e. The van der Waals surface area contributed by atoms with Gasteiger partial charge in [-0.25, -0.2) is 0 Å². The van der Waals surface area contributed by atoms with Gasteiger partial charge in [-0.2, -0.15) is 11.8 Å². The topological polar surface area (TPSA) is 117 Å². The molecule has 0 spiro atoms. The second kappa shape index (κ2) is 16.6. The van der Waals surface area contributed by atoms with E-state index in [0.717, 1.165) is 47.3 Å². The number of nitrogens with one attached hydrogen (secondary N) is 2. The maximum absolute atomic E-state index is 12.2. The summed E-state index contributed by atoms with van der Waals surface area (Å²) < 4.78 is 12.9. The summed E-state index contributed by atoms with van der Waals surface area (Å²) in [5.41, 5.74) is 3.80. The van der Waals surface area contributed by atoms with Crippen LogP contribution in [0.25, 0.3) is 0 Å². The Morgan fingerprint density at radius 2 is 1.59 bits per heavy atom. The summed E-state index contributed by atoms with van der Waals surface area (Å²) >= 11 is 1.67. The molecule has 0 saturated carbocycles. The molecule has 4 atom stereocenters. The van der Waals surface area contributed by atoms with Crippen LogP contribution in [0.15, 0.2) is 48.5 Å². The Morgan fingerprint density at radius 1 is 0.897 bits per heavy atom. The van der Waals surface area contributed by atoms with Crippen LogP contribution in [-0.4, -0.2) is 52.8 Å². The van der Waals surface area contributed by atoms with E-state index in [9.17, 15) is 19.8 Å². The lowest BCUT2D eigenvalue weighted by molar-refractivity contribution is -0.268. The number of benzene rings is 2. The number of carbonyl (C=O) groups is 2. The lowest BCUT2D eigenvalue weighted by Gasteiger charge is -2.41. The molecule has 9 heteroatoms. The predicted molar refractivity (Wildman–Crippen MR) is 153 cm³/mol. The molecule has 8 nitrogen and oxygen atoms in total. The first-order chi connectivity index (χ1) is 18.9. The Balaban J connectivity index is 1.56. The third-order valence-corrected chi connectivity index (χ3v) is 7.87. The predicted octanol–water partition coefficient (Wildman–Crippen LogP) is 4.01. The molecule has 3 rings (SSSR count). The van der Waals surface area contributed by atoms with Gasteiger partial charge in [-0.15, -0.1) is 0 Å². The van der Waals surface area contributed by atoms with E-state index in [4.69, 9.17) is 9.47 Å². The molecule has 0 unspecified atom stereocenters. The van der Waals surface area contributed by atoms with Crippen LogP contribution in [0.1, 0.15) is 74.2 Å². The average molecular weight is 559 g/mol. The van der Waals surface area contributed by atoms with Gasteiger partial charge in [0, 0.05) is 49.4 Å². The molecule has 39 heavy (non-hydrogen) atoms. The van der Waals surface area contributed by atoms with Gasteiger partial charge in [0.1, 0.15) is 0 Å². The van der Waals surface area contributed by atoms with Crippen molar-refractivity contribution >= 4 is 23.6 Å². The molecule has 0 aliphatic carbocycles. The monoisotopic (exact) mass is 558 g/mol. The van der Waals surface area contributed by atoms with Crippen LogP contribution >= 0.6 is 11.8 Å². The number of rotatable bonds is 15. The number of amides is 2. The number of ether oxygens (including phenoxy) is 2. The third kappa shape index (κ3) is 10.2. The highest BCUT2D eigenvalue weighted by Crippen LogP contribution is 2.42. The highest BCUT2D eigenvalue weighted by atomic mass is 32.2. The summed E-state index contributed by atoms with van der Waals surface area (Å²) in [6.07, 6.45) is 2.26. The fourth-order valence-corrected chi connectivity index (χ4v) is 5.42. The number of thioether (sulfide) groups is 1. The van der Waals surface area contributed by atoms with Gasteiger partial charge in [0.05, 0.1) is 25.4 Å². The fourth-order valence-electron chi connectivity index (χ4n) is 4.51. The first-order valence-electron chi connectivity index (χ1n) is 13.7. The van der Waals surface area contributed by atoms with Gasteiger partial charge >= 0.3 is 0 Å². The number of aliphatic hydroxyl groups excluding tert-OH is 2. The summed E-state index contributed by atoms with van der Waals surface area (Å²) in [5, 5.41) is 24.4. The van der Waals surface area contributed by atoms with E-state index < -0.39 is 6.29 Å². The molecule has 1 heterocycles. The molecule has 0 bridgehead atoms. The van der Waals surface area contributed by atoms with Gasteiger partial charge in [0.15, 0.2) is 6.29 Å². The molecule has 214 valence electrons. The summed E-state index contributed by atoms with van der Waals surface area (Å²) in [4.78, 5) is 23.1. The number of unbranched alkanes of at least 4 members (excludes halogenated alkanes) is 2. The zero-order chi connectivity index (χ0) is 28.0. The molecule has 2 amide bonds. The Kier molecular flexibility index (Phi) is 13.3. The van der Waals surface area contributed by atoms with Crippen molar-refractivity contribution in [1.82, 2.24) is 10.6 Å². The normalized spacial score (nSPS) is 20.9. The molecule has 2 aromatic carbocycles. The van der Waals surface area contributed by atoms with Crippen molar-refractivity contribution in [3.8, 4) is 0 Å². The minimum atomic E-state index is -0.537. The van der Waals surface area contributed by atoms with Crippen molar-refractivity contribution in [2.75, 3.05) is 24.7 Å². The molecule has 4 N–H and O–H groups in total. The van der Waals surface area contributed by atoms with Gasteiger partial charge in [0.25, 0.3) is 0 Å². The Bertz CT molecular complexity index is 1020. The quantitative estimate of drug-likeness (QED) is 0.244. The molecule has 2 aromatic rings. The minimum Gasteiger partial charge on any atom is -0.396 e. The maximum atomic E-state index is 12.2. The van der Waals surface area contributed by atoms with Crippen LogP contribution in [-0.2, 0) is 32.2 Å². The van der Waals surface area contributed by atoms with Crippen molar-refractivity contribution < 1.29 is 29.3 Å². The van der Waals surface area contributed by atoms with Gasteiger partial charge in [0.2, 0.25) is 11.8 Å². The van der Waals surface area contributed by atoms with Gasteiger partial charge in [-0.1, -0.05) is 61.9 Å². The number of carbonyl (C=O) groups excluding carboxylic acids is 2. The SMILES string of the molecule is CC(=O)NCCCCCC(=O)NCc1ccc([C@H]2O[C@@H](CSCCO)[C@@H](C)[C@@H](c3ccc(CO)cc3)O2)cc1. The number of aliphatic hydroxyl groups is 2. The van der Waals surface area contributed by atoms with Gasteiger partial charge in [-0.3, -0.25) is 9.59 Å². The van der Waals surface area contributed by atoms with E-state index in [-0.39, 0.29) is 43.2 Å². The van der Waals surface area contributed by atoms with Crippen LogP contribution in [0, 0.1) is 5.92 Å². The fraction of sp³-hybridized carbons (Fsp3) is 0.533. The van der Waals surface area contributed by atoms with Crippen molar-refractivity contribution in [3.63, 3.8) is 0 Å². The molecular formula is C30H42N2O6S. The molecule has 1 saturated heterocycles. The Morgan fingerprint density at radius 3 is 2.26 bits per heavy atom. The lowest BCUT2D eigenvalue weighted by atomic mass is 9.91. The summed E-state index contributed by atoms with van der Waals surface area (Å²) in [7, 11) is 0. The van der Waals surface area contributed by atoms with Crippen LogP contribution < -0.4 is 10.6 Å². The summed E-state index contributed by atoms with van der Waals surface area (Å²) in [6.45, 7) is 4.86. The van der Waals surface area contributed by atoms with Crippen molar-refractivity contribution in [1.29, 1.82) is 0 Å². The first-order valence-corrected chi connectivity index (χ1v) is 14.9. The average Bonchev–Trinajstić information content (AvgIpc) is 2.95.